The molecule has 2 nitrogen and oxygen atoms in total. The smallest absolute Gasteiger partial charge is 0.165 e. The van der Waals surface area contributed by atoms with Crippen LogP contribution in [0.4, 0.5) is 4.39 Å². The molecule has 0 amide bonds. The molecule has 0 unspecified atom stereocenters. The van der Waals surface area contributed by atoms with Gasteiger partial charge in [0.25, 0.3) is 0 Å². The molecule has 0 heterocycles. The van der Waals surface area contributed by atoms with Crippen molar-refractivity contribution in [2.24, 2.45) is 0 Å². The molecule has 3 heteroatoms. The Balaban J connectivity index is 1.96. The summed E-state index contributed by atoms with van der Waals surface area (Å²) in [5.74, 6) is -0.0386. The van der Waals surface area contributed by atoms with Gasteiger partial charge in [-0.1, -0.05) is 50.2 Å². The van der Waals surface area contributed by atoms with Crippen molar-refractivity contribution in [2.45, 2.75) is 33.0 Å². The Labute approximate surface area is 119 Å². The third-order valence-electron chi connectivity index (χ3n) is 2.94. The van der Waals surface area contributed by atoms with Gasteiger partial charge in [0.05, 0.1) is 0 Å². The van der Waals surface area contributed by atoms with Crippen LogP contribution in [0.1, 0.15) is 25.0 Å². The molecular formula is C17H20FNO. The Kier molecular flexibility index (Phi) is 5.13. The zero-order valence-corrected chi connectivity index (χ0v) is 11.9. The number of nitrogens with one attached hydrogen (secondary N) is 1. The molecule has 106 valence electrons. The van der Waals surface area contributed by atoms with Crippen molar-refractivity contribution >= 4 is 0 Å². The third kappa shape index (κ3) is 4.35. The molecule has 0 saturated carbocycles. The van der Waals surface area contributed by atoms with E-state index >= 15 is 0 Å². The first-order valence-electron chi connectivity index (χ1n) is 6.83. The highest BCUT2D eigenvalue weighted by atomic mass is 19.1. The summed E-state index contributed by atoms with van der Waals surface area (Å²) in [7, 11) is 0. The van der Waals surface area contributed by atoms with Crippen LogP contribution in [0.5, 0.6) is 5.75 Å². The molecule has 0 bridgehead atoms. The van der Waals surface area contributed by atoms with E-state index in [-0.39, 0.29) is 5.82 Å². The van der Waals surface area contributed by atoms with E-state index in [1.165, 1.54) is 11.6 Å². The Morgan fingerprint density at radius 1 is 1.05 bits per heavy atom. The maximum atomic E-state index is 13.4. The molecule has 0 aliphatic carbocycles. The van der Waals surface area contributed by atoms with Gasteiger partial charge < -0.3 is 10.1 Å². The zero-order valence-electron chi connectivity index (χ0n) is 11.9. The summed E-state index contributed by atoms with van der Waals surface area (Å²) in [5.41, 5.74) is 2.24. The van der Waals surface area contributed by atoms with Crippen LogP contribution in [0.3, 0.4) is 0 Å². The largest absolute Gasteiger partial charge is 0.486 e. The first-order chi connectivity index (χ1) is 9.65. The van der Waals surface area contributed by atoms with Gasteiger partial charge in [0, 0.05) is 12.6 Å². The Hall–Kier alpha value is -1.87. The van der Waals surface area contributed by atoms with E-state index in [1.54, 1.807) is 18.2 Å². The van der Waals surface area contributed by atoms with Gasteiger partial charge >= 0.3 is 0 Å². The minimum Gasteiger partial charge on any atom is -0.486 e. The molecule has 1 N–H and O–H groups in total. The molecule has 2 rings (SSSR count). The average Bonchev–Trinajstić information content (AvgIpc) is 2.45. The van der Waals surface area contributed by atoms with Gasteiger partial charge in [-0.2, -0.15) is 0 Å². The van der Waals surface area contributed by atoms with E-state index in [4.69, 9.17) is 4.74 Å². The van der Waals surface area contributed by atoms with Crippen LogP contribution >= 0.6 is 0 Å². The lowest BCUT2D eigenvalue weighted by atomic mass is 10.1. The van der Waals surface area contributed by atoms with Gasteiger partial charge in [-0.25, -0.2) is 4.39 Å². The van der Waals surface area contributed by atoms with E-state index in [9.17, 15) is 4.39 Å². The highest BCUT2D eigenvalue weighted by Gasteiger charge is 2.03. The van der Waals surface area contributed by atoms with Crippen LogP contribution in [0.2, 0.25) is 0 Å². The van der Waals surface area contributed by atoms with Crippen molar-refractivity contribution in [3.05, 3.63) is 65.5 Å². The fourth-order valence-corrected chi connectivity index (χ4v) is 1.87. The molecule has 0 radical (unpaired) electrons. The van der Waals surface area contributed by atoms with Crippen molar-refractivity contribution < 1.29 is 9.13 Å². The molecule has 20 heavy (non-hydrogen) atoms. The normalized spacial score (nSPS) is 10.8. The minimum absolute atomic E-state index is 0.290. The molecule has 2 aromatic rings. The van der Waals surface area contributed by atoms with Crippen LogP contribution in [0.25, 0.3) is 0 Å². The predicted molar refractivity (Wildman–Crippen MR) is 79.1 cm³/mol. The van der Waals surface area contributed by atoms with Crippen molar-refractivity contribution in [3.63, 3.8) is 0 Å². The lowest BCUT2D eigenvalue weighted by Gasteiger charge is -2.10. The van der Waals surface area contributed by atoms with Crippen LogP contribution in [0, 0.1) is 5.82 Å². The third-order valence-corrected chi connectivity index (χ3v) is 2.94. The molecule has 0 fully saturated rings. The van der Waals surface area contributed by atoms with Gasteiger partial charge in [-0.3, -0.25) is 0 Å². The van der Waals surface area contributed by atoms with Crippen molar-refractivity contribution in [2.75, 3.05) is 0 Å². The fraction of sp³-hybridized carbons (Fsp3) is 0.294. The molecule has 0 aromatic heterocycles. The highest BCUT2D eigenvalue weighted by molar-refractivity contribution is 5.26. The van der Waals surface area contributed by atoms with Crippen LogP contribution < -0.4 is 10.1 Å². The van der Waals surface area contributed by atoms with Gasteiger partial charge in [0.2, 0.25) is 0 Å². The quantitative estimate of drug-likeness (QED) is 0.861. The van der Waals surface area contributed by atoms with Crippen LogP contribution in [-0.4, -0.2) is 6.04 Å². The van der Waals surface area contributed by atoms with Crippen molar-refractivity contribution in [1.82, 2.24) is 5.32 Å². The molecule has 0 atom stereocenters. The second-order valence-corrected chi connectivity index (χ2v) is 5.07. The second kappa shape index (κ2) is 7.06. The summed E-state index contributed by atoms with van der Waals surface area (Å²) in [4.78, 5) is 0. The topological polar surface area (TPSA) is 21.3 Å². The van der Waals surface area contributed by atoms with Crippen molar-refractivity contribution in [1.29, 1.82) is 0 Å². The molecule has 0 spiro atoms. The molecule has 2 aromatic carbocycles. The maximum absolute atomic E-state index is 13.4. The molecule has 0 saturated heterocycles. The minimum atomic E-state index is -0.329. The summed E-state index contributed by atoms with van der Waals surface area (Å²) < 4.78 is 19.0. The number of para-hydroxylation sites is 1. The zero-order chi connectivity index (χ0) is 14.4. The van der Waals surface area contributed by atoms with Crippen molar-refractivity contribution in [3.8, 4) is 5.75 Å². The fourth-order valence-electron chi connectivity index (χ4n) is 1.87. The highest BCUT2D eigenvalue weighted by Crippen LogP contribution is 2.17. The summed E-state index contributed by atoms with van der Waals surface area (Å²) >= 11 is 0. The van der Waals surface area contributed by atoms with E-state index < -0.39 is 0 Å². The monoisotopic (exact) mass is 273 g/mol. The van der Waals surface area contributed by atoms with Gasteiger partial charge in [0.15, 0.2) is 11.6 Å². The number of hydrogen-bond donors (Lipinski definition) is 1. The maximum Gasteiger partial charge on any atom is 0.165 e. The number of hydrogen-bond acceptors (Lipinski definition) is 2. The number of rotatable bonds is 6. The van der Waals surface area contributed by atoms with E-state index in [0.29, 0.717) is 18.4 Å². The lowest BCUT2D eigenvalue weighted by Crippen LogP contribution is -2.21. The Morgan fingerprint density at radius 2 is 1.80 bits per heavy atom. The predicted octanol–water partition coefficient (Wildman–Crippen LogP) is 3.90. The average molecular weight is 273 g/mol. The summed E-state index contributed by atoms with van der Waals surface area (Å²) in [6, 6.07) is 15.0. The Bertz CT molecular complexity index is 554. The standard InChI is InChI=1S/C17H20FNO/c1-13(2)19-11-14-6-5-7-15(10-14)12-20-17-9-4-3-8-16(17)18/h3-10,13,19H,11-12H2,1-2H3. The summed E-state index contributed by atoms with van der Waals surface area (Å²) in [6.45, 7) is 5.43. The van der Waals surface area contributed by atoms with E-state index in [0.717, 1.165) is 12.1 Å². The van der Waals surface area contributed by atoms with Gasteiger partial charge in [-0.05, 0) is 23.3 Å². The first-order valence-corrected chi connectivity index (χ1v) is 6.83. The SMILES string of the molecule is CC(C)NCc1cccc(COc2ccccc2F)c1. The van der Waals surface area contributed by atoms with Crippen LogP contribution in [0.15, 0.2) is 48.5 Å². The van der Waals surface area contributed by atoms with E-state index in [1.807, 2.05) is 12.1 Å². The first kappa shape index (κ1) is 14.5. The number of benzene rings is 2. The second-order valence-electron chi connectivity index (χ2n) is 5.07. The van der Waals surface area contributed by atoms with Gasteiger partial charge in [0.1, 0.15) is 6.61 Å². The summed E-state index contributed by atoms with van der Waals surface area (Å²) in [5, 5.41) is 3.37. The van der Waals surface area contributed by atoms with Gasteiger partial charge in [-0.15, -0.1) is 0 Å². The molecule has 0 aliphatic heterocycles. The Morgan fingerprint density at radius 3 is 2.55 bits per heavy atom. The van der Waals surface area contributed by atoms with Crippen LogP contribution in [-0.2, 0) is 13.2 Å². The number of ether oxygens (including phenoxy) is 1. The lowest BCUT2D eigenvalue weighted by molar-refractivity contribution is 0.290. The van der Waals surface area contributed by atoms with E-state index in [2.05, 4.69) is 31.3 Å². The molecular weight excluding hydrogens is 253 g/mol. The number of halogens is 1. The summed E-state index contributed by atoms with van der Waals surface area (Å²) in [6.07, 6.45) is 0. The molecule has 0 aliphatic rings.